The van der Waals surface area contributed by atoms with Crippen LogP contribution in [-0.2, 0) is 5.75 Å². The van der Waals surface area contributed by atoms with Gasteiger partial charge >= 0.3 is 0 Å². The lowest BCUT2D eigenvalue weighted by molar-refractivity contribution is 0.102. The zero-order valence-corrected chi connectivity index (χ0v) is 15.6. The van der Waals surface area contributed by atoms with Gasteiger partial charge in [0, 0.05) is 11.3 Å². The van der Waals surface area contributed by atoms with Gasteiger partial charge in [-0.15, -0.1) is 10.2 Å². The zero-order valence-electron chi connectivity index (χ0n) is 14.8. The van der Waals surface area contributed by atoms with Crippen molar-refractivity contribution >= 4 is 34.3 Å². The number of hydrogen-bond acceptors (Lipinski definition) is 4. The first-order valence-corrected chi connectivity index (χ1v) is 9.68. The molecule has 0 aliphatic heterocycles. The van der Waals surface area contributed by atoms with E-state index < -0.39 is 11.7 Å². The van der Waals surface area contributed by atoms with Gasteiger partial charge in [-0.3, -0.25) is 4.79 Å². The van der Waals surface area contributed by atoms with Crippen molar-refractivity contribution in [2.24, 2.45) is 0 Å². The molecule has 0 unspecified atom stereocenters. The summed E-state index contributed by atoms with van der Waals surface area (Å²) in [5, 5.41) is 14.0. The van der Waals surface area contributed by atoms with Crippen LogP contribution in [-0.4, -0.2) is 16.1 Å². The number of hydrogen-bond donors (Lipinski definition) is 1. The molecule has 1 aromatic heterocycles. The van der Waals surface area contributed by atoms with E-state index in [0.29, 0.717) is 5.82 Å². The third kappa shape index (κ3) is 4.18. The third-order valence-corrected chi connectivity index (χ3v) is 5.19. The minimum Gasteiger partial charge on any atom is -0.305 e. The Hall–Kier alpha value is -3.25. The van der Waals surface area contributed by atoms with Gasteiger partial charge in [0.05, 0.1) is 0 Å². The number of anilines is 1. The molecule has 1 heterocycles. The van der Waals surface area contributed by atoms with Crippen molar-refractivity contribution in [2.75, 3.05) is 5.32 Å². The molecule has 4 rings (SSSR count). The maximum atomic E-state index is 13.2. The number of benzene rings is 3. The summed E-state index contributed by atoms with van der Waals surface area (Å²) in [6.45, 7) is 0. The number of halogens is 1. The van der Waals surface area contributed by atoms with Gasteiger partial charge < -0.3 is 5.32 Å². The molecule has 0 aliphatic rings. The van der Waals surface area contributed by atoms with E-state index in [-0.39, 0.29) is 5.56 Å². The number of rotatable bonds is 5. The SMILES string of the molecule is O=C(Nc1ccc(SCc2cccc3ccccc23)nn1)c1cccc(F)c1. The highest BCUT2D eigenvalue weighted by Gasteiger charge is 2.09. The number of aromatic nitrogens is 2. The average Bonchev–Trinajstić information content (AvgIpc) is 2.73. The van der Waals surface area contributed by atoms with E-state index in [1.807, 2.05) is 18.2 Å². The van der Waals surface area contributed by atoms with Crippen molar-refractivity contribution in [3.05, 3.63) is 95.8 Å². The van der Waals surface area contributed by atoms with Gasteiger partial charge in [-0.05, 0) is 46.7 Å². The Morgan fingerprint density at radius 3 is 2.57 bits per heavy atom. The first-order valence-electron chi connectivity index (χ1n) is 8.69. The van der Waals surface area contributed by atoms with E-state index in [9.17, 15) is 9.18 Å². The van der Waals surface area contributed by atoms with Gasteiger partial charge in [-0.2, -0.15) is 0 Å². The molecular weight excluding hydrogens is 373 g/mol. The molecule has 0 aliphatic carbocycles. The van der Waals surface area contributed by atoms with E-state index in [1.54, 1.807) is 23.9 Å². The quantitative estimate of drug-likeness (QED) is 0.470. The summed E-state index contributed by atoms with van der Waals surface area (Å²) in [4.78, 5) is 12.1. The Kier molecular flexibility index (Phi) is 5.30. The Balaban J connectivity index is 1.41. The number of amides is 1. The van der Waals surface area contributed by atoms with E-state index >= 15 is 0 Å². The van der Waals surface area contributed by atoms with Crippen molar-refractivity contribution in [2.45, 2.75) is 10.8 Å². The molecule has 1 amide bonds. The van der Waals surface area contributed by atoms with Crippen LogP contribution in [0.25, 0.3) is 10.8 Å². The van der Waals surface area contributed by atoms with Crippen molar-refractivity contribution in [1.29, 1.82) is 0 Å². The first kappa shape index (κ1) is 18.1. The molecule has 4 nitrogen and oxygen atoms in total. The number of nitrogens with zero attached hydrogens (tertiary/aromatic N) is 2. The van der Waals surface area contributed by atoms with E-state index in [1.165, 1.54) is 34.5 Å². The predicted molar refractivity (Wildman–Crippen MR) is 110 cm³/mol. The summed E-state index contributed by atoms with van der Waals surface area (Å²) in [6, 6.07) is 23.5. The van der Waals surface area contributed by atoms with Crippen molar-refractivity contribution in [1.82, 2.24) is 10.2 Å². The van der Waals surface area contributed by atoms with Crippen molar-refractivity contribution < 1.29 is 9.18 Å². The second-order valence-corrected chi connectivity index (χ2v) is 7.14. The second-order valence-electron chi connectivity index (χ2n) is 6.15. The fourth-order valence-corrected chi connectivity index (χ4v) is 3.67. The predicted octanol–water partition coefficient (Wildman–Crippen LogP) is 5.31. The van der Waals surface area contributed by atoms with Gasteiger partial charge in [0.1, 0.15) is 10.8 Å². The van der Waals surface area contributed by atoms with Gasteiger partial charge in [0.15, 0.2) is 5.82 Å². The van der Waals surface area contributed by atoms with Crippen molar-refractivity contribution in [3.8, 4) is 0 Å². The lowest BCUT2D eigenvalue weighted by Gasteiger charge is -2.07. The van der Waals surface area contributed by atoms with E-state index in [2.05, 4.69) is 45.8 Å². The molecule has 0 atom stereocenters. The molecule has 6 heteroatoms. The van der Waals surface area contributed by atoms with Crippen LogP contribution >= 0.6 is 11.8 Å². The molecule has 0 saturated heterocycles. The monoisotopic (exact) mass is 389 g/mol. The number of carbonyl (C=O) groups excluding carboxylic acids is 1. The van der Waals surface area contributed by atoms with Crippen LogP contribution in [0.5, 0.6) is 0 Å². The smallest absolute Gasteiger partial charge is 0.256 e. The Morgan fingerprint density at radius 1 is 0.929 bits per heavy atom. The molecule has 138 valence electrons. The Morgan fingerprint density at radius 2 is 1.75 bits per heavy atom. The lowest BCUT2D eigenvalue weighted by Crippen LogP contribution is -2.13. The molecule has 28 heavy (non-hydrogen) atoms. The van der Waals surface area contributed by atoms with Crippen LogP contribution in [0.3, 0.4) is 0 Å². The maximum absolute atomic E-state index is 13.2. The van der Waals surface area contributed by atoms with Crippen molar-refractivity contribution in [3.63, 3.8) is 0 Å². The summed E-state index contributed by atoms with van der Waals surface area (Å²) in [6.07, 6.45) is 0. The third-order valence-electron chi connectivity index (χ3n) is 4.22. The van der Waals surface area contributed by atoms with E-state index in [0.717, 1.165) is 10.8 Å². The zero-order chi connectivity index (χ0) is 19.3. The van der Waals surface area contributed by atoms with Gasteiger partial charge in [0.2, 0.25) is 0 Å². The number of thioether (sulfide) groups is 1. The molecule has 4 aromatic rings. The summed E-state index contributed by atoms with van der Waals surface area (Å²) >= 11 is 1.58. The maximum Gasteiger partial charge on any atom is 0.256 e. The standard InChI is InChI=1S/C22H16FN3OS/c23-18-9-4-7-16(13-18)22(27)24-20-11-12-21(26-25-20)28-14-17-8-3-6-15-5-1-2-10-19(15)17/h1-13H,14H2,(H,24,25,27). The van der Waals surface area contributed by atoms with Gasteiger partial charge in [0.25, 0.3) is 5.91 Å². The fourth-order valence-electron chi connectivity index (χ4n) is 2.85. The van der Waals surface area contributed by atoms with Crippen LogP contribution in [0.4, 0.5) is 10.2 Å². The Bertz CT molecular complexity index is 1130. The second kappa shape index (κ2) is 8.19. The summed E-state index contributed by atoms with van der Waals surface area (Å²) in [7, 11) is 0. The van der Waals surface area contributed by atoms with Crippen LogP contribution in [0, 0.1) is 5.82 Å². The summed E-state index contributed by atoms with van der Waals surface area (Å²) < 4.78 is 13.2. The van der Waals surface area contributed by atoms with Gasteiger partial charge in [-0.25, -0.2) is 4.39 Å². The van der Waals surface area contributed by atoms with Crippen LogP contribution in [0.15, 0.2) is 83.9 Å². The Labute approximate surface area is 165 Å². The van der Waals surface area contributed by atoms with Crippen LogP contribution in [0.2, 0.25) is 0 Å². The average molecular weight is 389 g/mol. The topological polar surface area (TPSA) is 54.9 Å². The van der Waals surface area contributed by atoms with Gasteiger partial charge in [-0.1, -0.05) is 60.3 Å². The molecule has 0 saturated carbocycles. The number of fused-ring (bicyclic) bond motifs is 1. The normalized spacial score (nSPS) is 10.8. The minimum atomic E-state index is -0.459. The highest BCUT2D eigenvalue weighted by molar-refractivity contribution is 7.98. The summed E-state index contributed by atoms with van der Waals surface area (Å²) in [5.74, 6) is 0.207. The summed E-state index contributed by atoms with van der Waals surface area (Å²) in [5.41, 5.74) is 1.46. The largest absolute Gasteiger partial charge is 0.305 e. The highest BCUT2D eigenvalue weighted by atomic mass is 32.2. The molecule has 0 bridgehead atoms. The lowest BCUT2D eigenvalue weighted by atomic mass is 10.1. The first-order chi connectivity index (χ1) is 13.7. The fraction of sp³-hybridized carbons (Fsp3) is 0.0455. The highest BCUT2D eigenvalue weighted by Crippen LogP contribution is 2.26. The molecule has 1 N–H and O–H groups in total. The molecule has 0 fully saturated rings. The van der Waals surface area contributed by atoms with Crippen LogP contribution < -0.4 is 5.32 Å². The number of nitrogens with one attached hydrogen (secondary N) is 1. The minimum absolute atomic E-state index is 0.233. The molecular formula is C22H16FN3OS. The molecule has 0 spiro atoms. The van der Waals surface area contributed by atoms with Crippen LogP contribution in [0.1, 0.15) is 15.9 Å². The molecule has 0 radical (unpaired) electrons. The van der Waals surface area contributed by atoms with E-state index in [4.69, 9.17) is 0 Å². The number of carbonyl (C=O) groups is 1. The molecule has 3 aromatic carbocycles.